The third-order valence-electron chi connectivity index (χ3n) is 0.644. The molecule has 0 aliphatic heterocycles. The van der Waals surface area contributed by atoms with E-state index in [1.165, 1.54) is 6.42 Å². The predicted octanol–water partition coefficient (Wildman–Crippen LogP) is 0.838. The van der Waals surface area contributed by atoms with E-state index in [0.717, 1.165) is 4.71 Å². The van der Waals surface area contributed by atoms with Crippen molar-refractivity contribution in [1.29, 1.82) is 0 Å². The summed E-state index contributed by atoms with van der Waals surface area (Å²) < 4.78 is 0.947. The van der Waals surface area contributed by atoms with Crippen molar-refractivity contribution in [3.8, 4) is 0 Å². The van der Waals surface area contributed by atoms with Gasteiger partial charge in [-0.2, -0.15) is 0 Å². The van der Waals surface area contributed by atoms with Gasteiger partial charge in [0.2, 0.25) is 0 Å². The molecule has 1 heteroatoms. The summed E-state index contributed by atoms with van der Waals surface area (Å²) in [6.45, 7) is 4.46. The Morgan fingerprint density at radius 1 is 1.80 bits per heavy atom. The second kappa shape index (κ2) is 2.78. The van der Waals surface area contributed by atoms with E-state index in [2.05, 4.69) is 13.8 Å². The van der Waals surface area contributed by atoms with Crippen molar-refractivity contribution in [2.75, 3.05) is 0 Å². The van der Waals surface area contributed by atoms with Crippen LogP contribution in [0.4, 0.5) is 0 Å². The first-order valence-corrected chi connectivity index (χ1v) is 3.42. The molecule has 0 rings (SSSR count). The minimum atomic E-state index is 0.947. The van der Waals surface area contributed by atoms with Gasteiger partial charge in [-0.05, 0) is 0 Å². The number of hydrogen-bond donors (Lipinski definition) is 0. The van der Waals surface area contributed by atoms with E-state index < -0.39 is 0 Å². The van der Waals surface area contributed by atoms with Crippen LogP contribution in [0, 0.1) is 0 Å². The third kappa shape index (κ3) is 4.56. The molecule has 0 saturated heterocycles. The zero-order valence-corrected chi connectivity index (χ0v) is 6.28. The summed E-state index contributed by atoms with van der Waals surface area (Å²) in [5, 5.41) is 0. The van der Waals surface area contributed by atoms with E-state index in [-0.39, 0.29) is 0 Å². The maximum atomic E-state index is 2.25. The van der Waals surface area contributed by atoms with Gasteiger partial charge in [-0.15, -0.1) is 0 Å². The van der Waals surface area contributed by atoms with Gasteiger partial charge in [-0.25, -0.2) is 0 Å². The molecule has 0 aliphatic carbocycles. The van der Waals surface area contributed by atoms with Crippen LogP contribution in [0.2, 0.25) is 4.71 Å². The zero-order chi connectivity index (χ0) is 4.28. The fraction of sp³-hybridized carbons (Fsp3) is 1.00. The Kier molecular flexibility index (Phi) is 3.09. The van der Waals surface area contributed by atoms with Crippen molar-refractivity contribution in [2.45, 2.75) is 25.0 Å². The fourth-order valence-corrected chi connectivity index (χ4v) is 0. The Labute approximate surface area is 42.5 Å². The molecule has 0 saturated carbocycles. The van der Waals surface area contributed by atoms with Crippen LogP contribution in [0.3, 0.4) is 0 Å². The molecular weight excluding hydrogens is 123 g/mol. The van der Waals surface area contributed by atoms with Crippen LogP contribution in [0.25, 0.3) is 0 Å². The minimum absolute atomic E-state index is 0.947. The van der Waals surface area contributed by atoms with Gasteiger partial charge >= 0.3 is 41.8 Å². The predicted molar refractivity (Wildman–Crippen MR) is 28.3 cm³/mol. The monoisotopic (exact) mass is 134 g/mol. The molecule has 0 aliphatic rings. The van der Waals surface area contributed by atoms with E-state index >= 15 is 0 Å². The molecule has 32 valence electrons. The van der Waals surface area contributed by atoms with Crippen molar-refractivity contribution in [3.63, 3.8) is 0 Å². The van der Waals surface area contributed by atoms with Crippen LogP contribution < -0.4 is 0 Å². The Morgan fingerprint density at radius 3 is 2.00 bits per heavy atom. The summed E-state index contributed by atoms with van der Waals surface area (Å²) >= 11 is 1.84. The van der Waals surface area contributed by atoms with Crippen LogP contribution in [0.15, 0.2) is 0 Å². The van der Waals surface area contributed by atoms with Crippen molar-refractivity contribution in [3.05, 3.63) is 0 Å². The van der Waals surface area contributed by atoms with Crippen molar-refractivity contribution >= 4 is 16.9 Å². The summed E-state index contributed by atoms with van der Waals surface area (Å²) in [4.78, 5) is 0. The van der Waals surface area contributed by atoms with E-state index in [9.17, 15) is 0 Å². The Hall–Kier alpha value is 0.558. The number of hydrogen-bond acceptors (Lipinski definition) is 0. The molecule has 0 fully saturated rings. The van der Waals surface area contributed by atoms with E-state index in [0.29, 0.717) is 0 Å². The molecule has 0 amide bonds. The molecule has 0 aromatic heterocycles. The molecule has 0 N–H and O–H groups in total. The van der Waals surface area contributed by atoms with Gasteiger partial charge in [0.05, 0.1) is 0 Å². The molecule has 0 nitrogen and oxygen atoms in total. The Balaban J connectivity index is 2.54. The third-order valence-corrected chi connectivity index (χ3v) is 1.63. The fourth-order valence-electron chi connectivity index (χ4n) is 0. The van der Waals surface area contributed by atoms with Crippen LogP contribution in [-0.4, -0.2) is 16.9 Å². The molecule has 2 unspecified atom stereocenters. The summed E-state index contributed by atoms with van der Waals surface area (Å²) in [6.07, 6.45) is 1.33. The molecular formula is C4H11As. The second-order valence-corrected chi connectivity index (χ2v) is 3.77. The molecule has 0 bridgehead atoms. The Bertz CT molecular complexity index is 17.6. The van der Waals surface area contributed by atoms with E-state index in [1.807, 2.05) is 16.9 Å². The van der Waals surface area contributed by atoms with Gasteiger partial charge in [-0.3, -0.25) is 0 Å². The van der Waals surface area contributed by atoms with Crippen LogP contribution in [0.1, 0.15) is 20.3 Å². The van der Waals surface area contributed by atoms with Gasteiger partial charge < -0.3 is 0 Å². The van der Waals surface area contributed by atoms with Crippen molar-refractivity contribution in [2.24, 2.45) is 0 Å². The van der Waals surface area contributed by atoms with Crippen LogP contribution >= 0.6 is 0 Å². The average molecular weight is 134 g/mol. The molecule has 0 radical (unpaired) electrons. The van der Waals surface area contributed by atoms with Crippen molar-refractivity contribution < 1.29 is 0 Å². The molecule has 0 aromatic carbocycles. The van der Waals surface area contributed by atoms with Crippen LogP contribution in [-0.2, 0) is 0 Å². The summed E-state index contributed by atoms with van der Waals surface area (Å²) in [5.74, 6) is 0. The molecule has 5 heavy (non-hydrogen) atoms. The maximum absolute atomic E-state index is 2.25. The van der Waals surface area contributed by atoms with Gasteiger partial charge in [0.15, 0.2) is 0 Å². The molecule has 0 spiro atoms. The van der Waals surface area contributed by atoms with Gasteiger partial charge in [0.1, 0.15) is 0 Å². The second-order valence-electron chi connectivity index (χ2n) is 1.39. The topological polar surface area (TPSA) is 0 Å². The van der Waals surface area contributed by atoms with E-state index in [4.69, 9.17) is 0 Å². The standard InChI is InChI=1S/C4H11As/c1-3-4(2)5/h4H,3,5H2,1-2H3. The van der Waals surface area contributed by atoms with Crippen LogP contribution in [0.5, 0.6) is 0 Å². The summed E-state index contributed by atoms with van der Waals surface area (Å²) in [7, 11) is 0. The molecule has 0 heterocycles. The zero-order valence-electron chi connectivity index (χ0n) is 3.86. The Morgan fingerprint density at radius 2 is 2.00 bits per heavy atom. The van der Waals surface area contributed by atoms with Gasteiger partial charge in [0, 0.05) is 0 Å². The van der Waals surface area contributed by atoms with Gasteiger partial charge in [0.25, 0.3) is 0 Å². The quantitative estimate of drug-likeness (QED) is 0.466. The average Bonchev–Trinajstić information content (AvgIpc) is 1.38. The summed E-state index contributed by atoms with van der Waals surface area (Å²) in [5.41, 5.74) is 0. The summed E-state index contributed by atoms with van der Waals surface area (Å²) in [6, 6.07) is 0. The van der Waals surface area contributed by atoms with Gasteiger partial charge in [-0.1, -0.05) is 0 Å². The number of rotatable bonds is 1. The first-order chi connectivity index (χ1) is 2.27. The first-order valence-electron chi connectivity index (χ1n) is 2.03. The van der Waals surface area contributed by atoms with Crippen molar-refractivity contribution in [1.82, 2.24) is 0 Å². The molecule has 0 aromatic rings. The normalized spacial score (nSPS) is 15.0. The molecule has 2 atom stereocenters. The first kappa shape index (κ1) is 5.56. The SMILES string of the molecule is CCC(C)[AsH2]. The van der Waals surface area contributed by atoms with E-state index in [1.54, 1.807) is 0 Å².